The Morgan fingerprint density at radius 2 is 1.69 bits per heavy atom. The molecule has 0 amide bonds. The number of rotatable bonds is 1. The molecule has 0 radical (unpaired) electrons. The molecule has 1 heteroatoms. The van der Waals surface area contributed by atoms with Gasteiger partial charge in [-0.25, -0.2) is 0 Å². The van der Waals surface area contributed by atoms with E-state index in [1.165, 1.54) is 27.8 Å². The van der Waals surface area contributed by atoms with E-state index in [1.54, 1.807) is 0 Å². The van der Waals surface area contributed by atoms with Gasteiger partial charge < -0.3 is 0 Å². The van der Waals surface area contributed by atoms with Crippen LogP contribution in [0.1, 0.15) is 22.3 Å². The molecule has 0 aromatic heterocycles. The zero-order valence-electron chi connectivity index (χ0n) is 8.19. The van der Waals surface area contributed by atoms with Gasteiger partial charge in [0.05, 0.1) is 0 Å². The molecule has 13 heavy (non-hydrogen) atoms. The second-order valence-corrected chi connectivity index (χ2v) is 3.45. The summed E-state index contributed by atoms with van der Waals surface area (Å²) in [6, 6.07) is 4.32. The van der Waals surface area contributed by atoms with Crippen LogP contribution in [0.15, 0.2) is 23.4 Å². The monoisotopic (exact) mass is 192 g/mol. The summed E-state index contributed by atoms with van der Waals surface area (Å²) < 4.78 is 0. The summed E-state index contributed by atoms with van der Waals surface area (Å²) >= 11 is 5.42. The minimum absolute atomic E-state index is 1.21. The number of hydrogen-bond donors (Lipinski definition) is 0. The summed E-state index contributed by atoms with van der Waals surface area (Å²) in [5.74, 6) is 0. The lowest BCUT2D eigenvalue weighted by molar-refractivity contribution is 1.30. The van der Waals surface area contributed by atoms with Crippen LogP contribution in [0, 0.1) is 20.8 Å². The molecule has 0 aliphatic carbocycles. The van der Waals surface area contributed by atoms with Crippen LogP contribution >= 0.6 is 11.6 Å². The fourth-order valence-electron chi connectivity index (χ4n) is 1.53. The normalized spacial score (nSPS) is 9.23. The minimum Gasteiger partial charge on any atom is -0.108 e. The SMILES string of the molecule is Cc1cc(C)c(C=C=CCl)c(C)c1. The van der Waals surface area contributed by atoms with Crippen LogP contribution < -0.4 is 0 Å². The van der Waals surface area contributed by atoms with Crippen molar-refractivity contribution in [2.75, 3.05) is 0 Å². The molecule has 0 N–H and O–H groups in total. The van der Waals surface area contributed by atoms with Gasteiger partial charge in [-0.2, -0.15) is 0 Å². The van der Waals surface area contributed by atoms with E-state index in [2.05, 4.69) is 38.6 Å². The summed E-state index contributed by atoms with van der Waals surface area (Å²) in [7, 11) is 0. The van der Waals surface area contributed by atoms with Gasteiger partial charge in [-0.1, -0.05) is 29.3 Å². The molecule has 0 heterocycles. The lowest BCUT2D eigenvalue weighted by atomic mass is 10.00. The predicted molar refractivity (Wildman–Crippen MR) is 59.1 cm³/mol. The first-order chi connectivity index (χ1) is 6.15. The van der Waals surface area contributed by atoms with Crippen molar-refractivity contribution in [1.82, 2.24) is 0 Å². The smallest absolute Gasteiger partial charge is 0.0462 e. The molecule has 0 saturated heterocycles. The van der Waals surface area contributed by atoms with Crippen molar-refractivity contribution < 1.29 is 0 Å². The average molecular weight is 193 g/mol. The van der Waals surface area contributed by atoms with Crippen LogP contribution in [-0.2, 0) is 0 Å². The third kappa shape index (κ3) is 2.48. The molecule has 0 aliphatic rings. The van der Waals surface area contributed by atoms with E-state index in [4.69, 9.17) is 11.6 Å². The molecular weight excluding hydrogens is 180 g/mol. The average Bonchev–Trinajstić information content (AvgIpc) is 2.02. The fourth-order valence-corrected chi connectivity index (χ4v) is 1.60. The Hall–Kier alpha value is -0.970. The van der Waals surface area contributed by atoms with Crippen molar-refractivity contribution >= 4 is 17.7 Å². The molecule has 0 saturated carbocycles. The lowest BCUT2D eigenvalue weighted by Crippen LogP contribution is -1.87. The standard InChI is InChI=1S/C12H13Cl/c1-9-7-10(2)12(5-4-6-13)11(3)8-9/h5-8H,1-3H3. The van der Waals surface area contributed by atoms with E-state index >= 15 is 0 Å². The molecule has 0 spiro atoms. The maximum Gasteiger partial charge on any atom is 0.0462 e. The maximum atomic E-state index is 5.42. The van der Waals surface area contributed by atoms with Crippen molar-refractivity contribution in [3.63, 3.8) is 0 Å². The number of aryl methyl sites for hydroxylation is 3. The molecule has 0 fully saturated rings. The van der Waals surface area contributed by atoms with E-state index in [9.17, 15) is 0 Å². The fraction of sp³-hybridized carbons (Fsp3) is 0.250. The molecule has 1 aromatic carbocycles. The highest BCUT2D eigenvalue weighted by atomic mass is 35.5. The highest BCUT2D eigenvalue weighted by Gasteiger charge is 1.98. The molecular formula is C12H13Cl. The Bertz CT molecular complexity index is 346. The van der Waals surface area contributed by atoms with Crippen LogP contribution in [0.4, 0.5) is 0 Å². The quantitative estimate of drug-likeness (QED) is 0.591. The molecule has 68 valence electrons. The third-order valence-electron chi connectivity index (χ3n) is 2.03. The van der Waals surface area contributed by atoms with E-state index in [1.807, 2.05) is 6.08 Å². The van der Waals surface area contributed by atoms with Crippen molar-refractivity contribution in [2.24, 2.45) is 0 Å². The molecule has 0 bridgehead atoms. The van der Waals surface area contributed by atoms with Gasteiger partial charge in [-0.05, 0) is 43.5 Å². The van der Waals surface area contributed by atoms with E-state index < -0.39 is 0 Å². The molecule has 0 unspecified atom stereocenters. The van der Waals surface area contributed by atoms with Crippen molar-refractivity contribution in [1.29, 1.82) is 0 Å². The second-order valence-electron chi connectivity index (χ2n) is 3.23. The highest BCUT2D eigenvalue weighted by Crippen LogP contribution is 2.17. The molecule has 0 nitrogen and oxygen atoms in total. The van der Waals surface area contributed by atoms with Crippen molar-refractivity contribution in [3.05, 3.63) is 45.7 Å². The first-order valence-corrected chi connectivity index (χ1v) is 4.68. The molecule has 1 rings (SSSR count). The van der Waals surface area contributed by atoms with Crippen LogP contribution in [0.2, 0.25) is 0 Å². The second kappa shape index (κ2) is 4.32. The Kier molecular flexibility index (Phi) is 3.36. The first-order valence-electron chi connectivity index (χ1n) is 4.24. The Morgan fingerprint density at radius 1 is 1.15 bits per heavy atom. The molecule has 0 aliphatic heterocycles. The van der Waals surface area contributed by atoms with Gasteiger partial charge in [-0.3, -0.25) is 0 Å². The van der Waals surface area contributed by atoms with E-state index in [0.29, 0.717) is 0 Å². The van der Waals surface area contributed by atoms with Gasteiger partial charge in [-0.15, -0.1) is 5.73 Å². The molecule has 0 atom stereocenters. The Morgan fingerprint density at radius 3 is 2.15 bits per heavy atom. The van der Waals surface area contributed by atoms with E-state index in [-0.39, 0.29) is 0 Å². The van der Waals surface area contributed by atoms with Crippen LogP contribution in [0.5, 0.6) is 0 Å². The van der Waals surface area contributed by atoms with Gasteiger partial charge in [0.2, 0.25) is 0 Å². The summed E-state index contributed by atoms with van der Waals surface area (Å²) in [5.41, 5.74) is 9.32. The summed E-state index contributed by atoms with van der Waals surface area (Å²) in [6.07, 6.45) is 1.91. The maximum absolute atomic E-state index is 5.42. The van der Waals surface area contributed by atoms with Crippen LogP contribution in [0.3, 0.4) is 0 Å². The Balaban J connectivity index is 3.29. The van der Waals surface area contributed by atoms with Gasteiger partial charge in [0, 0.05) is 5.54 Å². The number of halogens is 1. The molecule has 1 aromatic rings. The minimum atomic E-state index is 1.21. The largest absolute Gasteiger partial charge is 0.108 e. The van der Waals surface area contributed by atoms with Gasteiger partial charge in [0.1, 0.15) is 0 Å². The van der Waals surface area contributed by atoms with Crippen molar-refractivity contribution in [2.45, 2.75) is 20.8 Å². The van der Waals surface area contributed by atoms with Crippen LogP contribution in [-0.4, -0.2) is 0 Å². The van der Waals surface area contributed by atoms with Gasteiger partial charge in [0.25, 0.3) is 0 Å². The van der Waals surface area contributed by atoms with Crippen molar-refractivity contribution in [3.8, 4) is 0 Å². The zero-order valence-corrected chi connectivity index (χ0v) is 8.94. The lowest BCUT2D eigenvalue weighted by Gasteiger charge is -2.05. The van der Waals surface area contributed by atoms with Crippen LogP contribution in [0.25, 0.3) is 6.08 Å². The number of hydrogen-bond acceptors (Lipinski definition) is 0. The van der Waals surface area contributed by atoms with E-state index in [0.717, 1.165) is 0 Å². The third-order valence-corrected chi connectivity index (χ3v) is 2.15. The zero-order chi connectivity index (χ0) is 9.84. The summed E-state index contributed by atoms with van der Waals surface area (Å²) in [5, 5.41) is 0. The van der Waals surface area contributed by atoms with Gasteiger partial charge >= 0.3 is 0 Å². The number of benzene rings is 1. The summed E-state index contributed by atoms with van der Waals surface area (Å²) in [4.78, 5) is 0. The predicted octanol–water partition coefficient (Wildman–Crippen LogP) is 3.98. The highest BCUT2D eigenvalue weighted by molar-refractivity contribution is 6.25. The summed E-state index contributed by atoms with van der Waals surface area (Å²) in [6.45, 7) is 6.30. The first kappa shape index (κ1) is 10.1. The Labute approximate surface area is 84.5 Å². The topological polar surface area (TPSA) is 0 Å². The van der Waals surface area contributed by atoms with Gasteiger partial charge in [0.15, 0.2) is 0 Å².